The number of amides is 1. The monoisotopic (exact) mass is 260 g/mol. The molecule has 0 heterocycles. The maximum Gasteiger partial charge on any atom is 0.222 e. The van der Waals surface area contributed by atoms with Crippen molar-refractivity contribution >= 4 is 5.91 Å². The molecule has 0 aliphatic rings. The molecule has 3 heteroatoms. The number of hydrogen-bond donors (Lipinski definition) is 1. The molecule has 0 fully saturated rings. The van der Waals surface area contributed by atoms with E-state index in [-0.39, 0.29) is 5.91 Å². The second-order valence-corrected chi connectivity index (χ2v) is 4.57. The van der Waals surface area contributed by atoms with E-state index in [2.05, 4.69) is 24.0 Å². The third-order valence-electron chi connectivity index (χ3n) is 3.03. The van der Waals surface area contributed by atoms with Gasteiger partial charge < -0.3 is 10.2 Å². The van der Waals surface area contributed by atoms with Crippen LogP contribution in [0.15, 0.2) is 43.0 Å². The Kier molecular flexibility index (Phi) is 7.59. The molecule has 3 nitrogen and oxygen atoms in total. The number of nitrogens with zero attached hydrogens (tertiary/aromatic N) is 1. The van der Waals surface area contributed by atoms with Gasteiger partial charge in [0.15, 0.2) is 0 Å². The predicted octanol–water partition coefficient (Wildman–Crippen LogP) is 2.24. The van der Waals surface area contributed by atoms with Crippen molar-refractivity contribution < 1.29 is 4.79 Å². The van der Waals surface area contributed by atoms with Gasteiger partial charge in [-0.25, -0.2) is 0 Å². The van der Waals surface area contributed by atoms with Crippen molar-refractivity contribution in [2.24, 2.45) is 0 Å². The fraction of sp³-hybridized carbons (Fsp3) is 0.438. The first kappa shape index (κ1) is 15.4. The van der Waals surface area contributed by atoms with Gasteiger partial charge in [-0.2, -0.15) is 0 Å². The van der Waals surface area contributed by atoms with Crippen LogP contribution in [-0.4, -0.2) is 37.5 Å². The zero-order chi connectivity index (χ0) is 13.9. The Labute approximate surface area is 116 Å². The second-order valence-electron chi connectivity index (χ2n) is 4.57. The first-order valence-electron chi connectivity index (χ1n) is 6.85. The average molecular weight is 260 g/mol. The van der Waals surface area contributed by atoms with Crippen molar-refractivity contribution in [1.82, 2.24) is 10.2 Å². The molecule has 1 aromatic carbocycles. The van der Waals surface area contributed by atoms with E-state index in [1.54, 1.807) is 6.08 Å². The van der Waals surface area contributed by atoms with Crippen LogP contribution in [0.3, 0.4) is 0 Å². The Hall–Kier alpha value is -1.61. The molecule has 0 saturated heterocycles. The molecule has 0 radical (unpaired) electrons. The lowest BCUT2D eigenvalue weighted by molar-refractivity contribution is -0.130. The van der Waals surface area contributed by atoms with Crippen molar-refractivity contribution in [2.75, 3.05) is 26.7 Å². The van der Waals surface area contributed by atoms with Crippen LogP contribution >= 0.6 is 0 Å². The lowest BCUT2D eigenvalue weighted by atomic mass is 10.1. The fourth-order valence-electron chi connectivity index (χ4n) is 1.96. The van der Waals surface area contributed by atoms with Crippen LogP contribution in [0.25, 0.3) is 0 Å². The molecule has 0 saturated carbocycles. The molecule has 1 N–H and O–H groups in total. The van der Waals surface area contributed by atoms with Gasteiger partial charge in [-0.1, -0.05) is 36.4 Å². The maximum absolute atomic E-state index is 12.1. The van der Waals surface area contributed by atoms with Gasteiger partial charge >= 0.3 is 0 Å². The van der Waals surface area contributed by atoms with Gasteiger partial charge in [-0.05, 0) is 32.0 Å². The van der Waals surface area contributed by atoms with Gasteiger partial charge in [-0.15, -0.1) is 6.58 Å². The minimum Gasteiger partial charge on any atom is -0.339 e. The Morgan fingerprint density at radius 2 is 2.11 bits per heavy atom. The molecule has 1 aromatic rings. The summed E-state index contributed by atoms with van der Waals surface area (Å²) in [6.45, 7) is 6.00. The number of benzene rings is 1. The normalized spacial score (nSPS) is 10.2. The standard InChI is InChI=1S/C16H24N2O/c1-3-13-18(16(19)10-7-12-17-2)14-11-15-8-5-4-6-9-15/h3-6,8-9,17H,1,7,10-14H2,2H3. The highest BCUT2D eigenvalue weighted by molar-refractivity contribution is 5.76. The Morgan fingerprint density at radius 1 is 1.37 bits per heavy atom. The molecule has 0 atom stereocenters. The maximum atomic E-state index is 12.1. The highest BCUT2D eigenvalue weighted by Gasteiger charge is 2.11. The minimum absolute atomic E-state index is 0.214. The summed E-state index contributed by atoms with van der Waals surface area (Å²) in [4.78, 5) is 14.0. The van der Waals surface area contributed by atoms with Crippen LogP contribution in [0.4, 0.5) is 0 Å². The molecule has 0 aliphatic heterocycles. The summed E-state index contributed by atoms with van der Waals surface area (Å²) in [6.07, 6.45) is 4.17. The minimum atomic E-state index is 0.214. The number of hydrogen-bond acceptors (Lipinski definition) is 2. The molecule has 19 heavy (non-hydrogen) atoms. The van der Waals surface area contributed by atoms with Crippen LogP contribution in [0.1, 0.15) is 18.4 Å². The van der Waals surface area contributed by atoms with E-state index in [4.69, 9.17) is 0 Å². The van der Waals surface area contributed by atoms with Gasteiger partial charge in [0.1, 0.15) is 0 Å². The molecule has 0 aromatic heterocycles. The summed E-state index contributed by atoms with van der Waals surface area (Å²) < 4.78 is 0. The van der Waals surface area contributed by atoms with Crippen LogP contribution in [0.5, 0.6) is 0 Å². The van der Waals surface area contributed by atoms with E-state index in [0.29, 0.717) is 13.0 Å². The number of rotatable bonds is 9. The van der Waals surface area contributed by atoms with Gasteiger partial charge in [-0.3, -0.25) is 4.79 Å². The quantitative estimate of drug-likeness (QED) is 0.545. The lowest BCUT2D eigenvalue weighted by Gasteiger charge is -2.21. The van der Waals surface area contributed by atoms with Gasteiger partial charge in [0.05, 0.1) is 0 Å². The lowest BCUT2D eigenvalue weighted by Crippen LogP contribution is -2.33. The summed E-state index contributed by atoms with van der Waals surface area (Å²) >= 11 is 0. The number of carbonyl (C=O) groups excluding carboxylic acids is 1. The molecule has 104 valence electrons. The molecule has 0 spiro atoms. The van der Waals surface area contributed by atoms with E-state index in [1.807, 2.05) is 30.1 Å². The number of carbonyl (C=O) groups is 1. The Balaban J connectivity index is 2.43. The Morgan fingerprint density at radius 3 is 2.74 bits per heavy atom. The molecular weight excluding hydrogens is 236 g/mol. The van der Waals surface area contributed by atoms with Crippen LogP contribution in [0.2, 0.25) is 0 Å². The van der Waals surface area contributed by atoms with Crippen molar-refractivity contribution in [3.05, 3.63) is 48.6 Å². The molecule has 0 aliphatic carbocycles. The smallest absolute Gasteiger partial charge is 0.222 e. The van der Waals surface area contributed by atoms with E-state index in [0.717, 1.165) is 25.9 Å². The summed E-state index contributed by atoms with van der Waals surface area (Å²) in [6, 6.07) is 10.3. The first-order chi connectivity index (χ1) is 9.27. The predicted molar refractivity (Wildman–Crippen MR) is 80.1 cm³/mol. The van der Waals surface area contributed by atoms with E-state index in [9.17, 15) is 4.79 Å². The topological polar surface area (TPSA) is 32.3 Å². The van der Waals surface area contributed by atoms with Crippen LogP contribution < -0.4 is 5.32 Å². The van der Waals surface area contributed by atoms with E-state index < -0.39 is 0 Å². The summed E-state index contributed by atoms with van der Waals surface area (Å²) in [5, 5.41) is 3.06. The average Bonchev–Trinajstić information content (AvgIpc) is 2.44. The summed E-state index contributed by atoms with van der Waals surface area (Å²) in [7, 11) is 1.90. The molecule has 0 unspecified atom stereocenters. The van der Waals surface area contributed by atoms with Crippen LogP contribution in [0, 0.1) is 0 Å². The molecule has 0 bridgehead atoms. The fourth-order valence-corrected chi connectivity index (χ4v) is 1.96. The molecular formula is C16H24N2O. The van der Waals surface area contributed by atoms with Gasteiger partial charge in [0, 0.05) is 19.5 Å². The third-order valence-corrected chi connectivity index (χ3v) is 3.03. The Bertz CT molecular complexity index is 376. The van der Waals surface area contributed by atoms with Crippen molar-refractivity contribution in [1.29, 1.82) is 0 Å². The van der Waals surface area contributed by atoms with Crippen molar-refractivity contribution in [3.8, 4) is 0 Å². The highest BCUT2D eigenvalue weighted by atomic mass is 16.2. The summed E-state index contributed by atoms with van der Waals surface area (Å²) in [5.74, 6) is 0.214. The zero-order valence-corrected chi connectivity index (χ0v) is 11.8. The van der Waals surface area contributed by atoms with Gasteiger partial charge in [0.2, 0.25) is 5.91 Å². The molecule has 1 amide bonds. The van der Waals surface area contributed by atoms with E-state index in [1.165, 1.54) is 5.56 Å². The summed E-state index contributed by atoms with van der Waals surface area (Å²) in [5.41, 5.74) is 1.26. The highest BCUT2D eigenvalue weighted by Crippen LogP contribution is 2.04. The SMILES string of the molecule is C=CCN(CCc1ccccc1)C(=O)CCCNC. The molecule has 1 rings (SSSR count). The first-order valence-corrected chi connectivity index (χ1v) is 6.85. The van der Waals surface area contributed by atoms with Crippen molar-refractivity contribution in [2.45, 2.75) is 19.3 Å². The van der Waals surface area contributed by atoms with Gasteiger partial charge in [0.25, 0.3) is 0 Å². The zero-order valence-electron chi connectivity index (χ0n) is 11.8. The second kappa shape index (κ2) is 9.34. The van der Waals surface area contributed by atoms with Crippen molar-refractivity contribution in [3.63, 3.8) is 0 Å². The van der Waals surface area contributed by atoms with E-state index >= 15 is 0 Å². The largest absolute Gasteiger partial charge is 0.339 e. The number of nitrogens with one attached hydrogen (secondary N) is 1. The van der Waals surface area contributed by atoms with Crippen LogP contribution in [-0.2, 0) is 11.2 Å². The third kappa shape index (κ3) is 6.20.